The Morgan fingerprint density at radius 2 is 1.94 bits per heavy atom. The van der Waals surface area contributed by atoms with Gasteiger partial charge in [0.25, 0.3) is 5.56 Å². The summed E-state index contributed by atoms with van der Waals surface area (Å²) < 4.78 is 23.6. The van der Waals surface area contributed by atoms with Crippen molar-refractivity contribution in [3.05, 3.63) is 46.8 Å². The Balaban J connectivity index is 1.54. The first-order valence-electron chi connectivity index (χ1n) is 10.8. The van der Waals surface area contributed by atoms with Gasteiger partial charge in [-0.05, 0) is 31.5 Å². The van der Waals surface area contributed by atoms with Crippen molar-refractivity contribution in [2.45, 2.75) is 24.1 Å². The van der Waals surface area contributed by atoms with Gasteiger partial charge in [-0.25, -0.2) is 13.4 Å². The van der Waals surface area contributed by atoms with Crippen LogP contribution in [0.3, 0.4) is 0 Å². The Hall–Kier alpha value is -2.98. The Kier molecular flexibility index (Phi) is 5.34. The first-order chi connectivity index (χ1) is 15.4. The van der Waals surface area contributed by atoms with Gasteiger partial charge in [0, 0.05) is 37.3 Å². The van der Waals surface area contributed by atoms with Crippen molar-refractivity contribution < 1.29 is 8.42 Å². The van der Waals surface area contributed by atoms with Crippen LogP contribution in [-0.2, 0) is 9.84 Å². The van der Waals surface area contributed by atoms with E-state index in [1.165, 1.54) is 6.26 Å². The van der Waals surface area contributed by atoms with Crippen LogP contribution in [-0.4, -0.2) is 67.1 Å². The molecule has 10 heteroatoms. The van der Waals surface area contributed by atoms with E-state index in [2.05, 4.69) is 15.6 Å². The molecule has 1 atom stereocenters. The summed E-state index contributed by atoms with van der Waals surface area (Å²) in [4.78, 5) is 27.3. The van der Waals surface area contributed by atoms with Crippen LogP contribution in [0.1, 0.15) is 12.8 Å². The SMILES string of the molecule is CS(=O)(=O)C1CN(c2nc(NC3CCCNC3)c(-c3ccc4ccccc4n3)c(=O)[nH]2)C1. The van der Waals surface area contributed by atoms with E-state index in [-0.39, 0.29) is 11.6 Å². The van der Waals surface area contributed by atoms with Gasteiger partial charge in [0.05, 0.1) is 16.5 Å². The van der Waals surface area contributed by atoms with Gasteiger partial charge in [0.15, 0.2) is 9.84 Å². The van der Waals surface area contributed by atoms with E-state index in [0.717, 1.165) is 36.8 Å². The van der Waals surface area contributed by atoms with Gasteiger partial charge in [-0.15, -0.1) is 0 Å². The van der Waals surface area contributed by atoms with Crippen molar-refractivity contribution in [3.8, 4) is 11.3 Å². The highest BCUT2D eigenvalue weighted by Gasteiger charge is 2.36. The monoisotopic (exact) mass is 454 g/mol. The molecule has 4 heterocycles. The molecule has 0 radical (unpaired) electrons. The zero-order chi connectivity index (χ0) is 22.3. The smallest absolute Gasteiger partial charge is 0.263 e. The number of nitrogens with zero attached hydrogens (tertiary/aromatic N) is 3. The van der Waals surface area contributed by atoms with E-state index in [1.807, 2.05) is 36.4 Å². The zero-order valence-electron chi connectivity index (χ0n) is 17.8. The second-order valence-electron chi connectivity index (χ2n) is 8.55. The van der Waals surface area contributed by atoms with Crippen LogP contribution >= 0.6 is 0 Å². The lowest BCUT2D eigenvalue weighted by atomic mass is 10.1. The summed E-state index contributed by atoms with van der Waals surface area (Å²) in [7, 11) is -3.12. The molecule has 2 aliphatic rings. The molecule has 1 unspecified atom stereocenters. The van der Waals surface area contributed by atoms with Crippen LogP contribution in [0.15, 0.2) is 41.2 Å². The fraction of sp³-hybridized carbons (Fsp3) is 0.409. The lowest BCUT2D eigenvalue weighted by Gasteiger charge is -2.38. The molecule has 3 N–H and O–H groups in total. The molecular formula is C22H26N6O3S. The average molecular weight is 455 g/mol. The molecule has 2 aromatic heterocycles. The predicted molar refractivity (Wildman–Crippen MR) is 126 cm³/mol. The molecule has 168 valence electrons. The van der Waals surface area contributed by atoms with Crippen LogP contribution in [0.4, 0.5) is 11.8 Å². The summed E-state index contributed by atoms with van der Waals surface area (Å²) in [5.74, 6) is 0.855. The molecule has 0 saturated carbocycles. The minimum atomic E-state index is -3.12. The number of anilines is 2. The van der Waals surface area contributed by atoms with E-state index in [4.69, 9.17) is 9.97 Å². The minimum absolute atomic E-state index is 0.144. The fourth-order valence-electron chi connectivity index (χ4n) is 4.21. The predicted octanol–water partition coefficient (Wildman–Crippen LogP) is 1.38. The molecule has 3 aromatic rings. The molecule has 0 spiro atoms. The lowest BCUT2D eigenvalue weighted by molar-refractivity contribution is 0.479. The fourth-order valence-corrected chi connectivity index (χ4v) is 5.11. The van der Waals surface area contributed by atoms with E-state index in [9.17, 15) is 13.2 Å². The highest BCUT2D eigenvalue weighted by molar-refractivity contribution is 7.91. The number of nitrogens with one attached hydrogen (secondary N) is 3. The topological polar surface area (TPSA) is 120 Å². The Bertz CT molecular complexity index is 1310. The molecule has 32 heavy (non-hydrogen) atoms. The number of sulfone groups is 1. The first kappa shape index (κ1) is 20.9. The highest BCUT2D eigenvalue weighted by Crippen LogP contribution is 2.28. The van der Waals surface area contributed by atoms with Gasteiger partial charge in [0.2, 0.25) is 5.95 Å². The number of hydrogen-bond donors (Lipinski definition) is 3. The number of hydrogen-bond acceptors (Lipinski definition) is 8. The zero-order valence-corrected chi connectivity index (χ0v) is 18.7. The number of benzene rings is 1. The van der Waals surface area contributed by atoms with Crippen LogP contribution < -0.4 is 21.1 Å². The Morgan fingerprint density at radius 1 is 1.12 bits per heavy atom. The summed E-state index contributed by atoms with van der Waals surface area (Å²) in [6, 6.07) is 11.7. The van der Waals surface area contributed by atoms with Gasteiger partial charge in [-0.2, -0.15) is 4.98 Å². The number of rotatable bonds is 5. The van der Waals surface area contributed by atoms with Crippen molar-refractivity contribution in [3.63, 3.8) is 0 Å². The lowest BCUT2D eigenvalue weighted by Crippen LogP contribution is -2.55. The third-order valence-corrected chi connectivity index (χ3v) is 7.66. The summed E-state index contributed by atoms with van der Waals surface area (Å²) in [6.07, 6.45) is 3.25. The normalized spacial score (nSPS) is 19.7. The Morgan fingerprint density at radius 3 is 2.69 bits per heavy atom. The second kappa shape index (κ2) is 8.18. The Labute approximate surface area is 186 Å². The number of pyridine rings is 1. The van der Waals surface area contributed by atoms with E-state index in [1.54, 1.807) is 4.90 Å². The molecule has 0 bridgehead atoms. The molecule has 2 aliphatic heterocycles. The summed E-state index contributed by atoms with van der Waals surface area (Å²) >= 11 is 0. The molecule has 9 nitrogen and oxygen atoms in total. The molecular weight excluding hydrogens is 428 g/mol. The van der Waals surface area contributed by atoms with Gasteiger partial charge >= 0.3 is 0 Å². The van der Waals surface area contributed by atoms with Crippen molar-refractivity contribution in [1.29, 1.82) is 0 Å². The standard InChI is InChI=1S/C22H26N6O3S/c1-32(30,31)16-12-28(13-16)22-26-20(24-15-6-4-10-23-11-15)19(21(29)27-22)18-9-8-14-5-2-3-7-17(14)25-18/h2-3,5,7-9,15-16,23H,4,6,10-13H2,1H3,(H2,24,26,27,29). The average Bonchev–Trinajstić information content (AvgIpc) is 2.72. The van der Waals surface area contributed by atoms with Crippen LogP contribution in [0.25, 0.3) is 22.2 Å². The number of H-pyrrole nitrogens is 1. The maximum atomic E-state index is 13.2. The maximum absolute atomic E-state index is 13.2. The maximum Gasteiger partial charge on any atom is 0.263 e. The summed E-state index contributed by atoms with van der Waals surface area (Å²) in [5.41, 5.74) is 1.45. The number of aromatic nitrogens is 3. The first-order valence-corrected chi connectivity index (χ1v) is 12.8. The third-order valence-electron chi connectivity index (χ3n) is 6.15. The molecule has 2 fully saturated rings. The van der Waals surface area contributed by atoms with E-state index >= 15 is 0 Å². The van der Waals surface area contributed by atoms with Crippen LogP contribution in [0.5, 0.6) is 0 Å². The summed E-state index contributed by atoms with van der Waals surface area (Å²) in [6.45, 7) is 2.40. The summed E-state index contributed by atoms with van der Waals surface area (Å²) in [5, 5.41) is 7.37. The van der Waals surface area contributed by atoms with Crippen LogP contribution in [0.2, 0.25) is 0 Å². The molecule has 0 aliphatic carbocycles. The second-order valence-corrected chi connectivity index (χ2v) is 10.9. The molecule has 2 saturated heterocycles. The number of fused-ring (bicyclic) bond motifs is 1. The molecule has 0 amide bonds. The van der Waals surface area contributed by atoms with E-state index in [0.29, 0.717) is 36.1 Å². The number of aromatic amines is 1. The van der Waals surface area contributed by atoms with Gasteiger partial charge in [-0.1, -0.05) is 24.3 Å². The van der Waals surface area contributed by atoms with Crippen LogP contribution in [0, 0.1) is 0 Å². The molecule has 1 aromatic carbocycles. The van der Waals surface area contributed by atoms with Crippen molar-refractivity contribution in [2.24, 2.45) is 0 Å². The quantitative estimate of drug-likeness (QED) is 0.529. The third kappa shape index (κ3) is 4.07. The van der Waals surface area contributed by atoms with E-state index < -0.39 is 15.1 Å². The number of piperidine rings is 1. The number of para-hydroxylation sites is 1. The van der Waals surface area contributed by atoms with Gasteiger partial charge in [0.1, 0.15) is 11.4 Å². The van der Waals surface area contributed by atoms with Crippen molar-refractivity contribution in [2.75, 3.05) is 42.7 Å². The van der Waals surface area contributed by atoms with Gasteiger partial charge < -0.3 is 15.5 Å². The minimum Gasteiger partial charge on any atom is -0.365 e. The highest BCUT2D eigenvalue weighted by atomic mass is 32.2. The van der Waals surface area contributed by atoms with Crippen molar-refractivity contribution in [1.82, 2.24) is 20.3 Å². The molecule has 5 rings (SSSR count). The largest absolute Gasteiger partial charge is 0.365 e. The van der Waals surface area contributed by atoms with Crippen molar-refractivity contribution >= 4 is 32.5 Å². The van der Waals surface area contributed by atoms with Gasteiger partial charge in [-0.3, -0.25) is 9.78 Å².